The molecule has 1 rings (SSSR count). The summed E-state index contributed by atoms with van der Waals surface area (Å²) in [4.78, 5) is 3.55. The Bertz CT molecular complexity index is 504. The van der Waals surface area contributed by atoms with Gasteiger partial charge in [0.2, 0.25) is 0 Å². The molecule has 0 bridgehead atoms. The quantitative estimate of drug-likeness (QED) is 0.635. The molecule has 0 fully saturated rings. The van der Waals surface area contributed by atoms with E-state index in [9.17, 15) is 17.2 Å². The van der Waals surface area contributed by atoms with Crippen LogP contribution in [0.15, 0.2) is 17.0 Å². The van der Waals surface area contributed by atoms with Crippen molar-refractivity contribution in [2.45, 2.75) is 4.90 Å². The van der Waals surface area contributed by atoms with E-state index in [1.165, 1.54) is 0 Å². The summed E-state index contributed by atoms with van der Waals surface area (Å²) in [7, 11) is -2.12. The van der Waals surface area contributed by atoms with Gasteiger partial charge in [-0.25, -0.2) is 17.2 Å². The Kier molecular flexibility index (Phi) is 3.46. The zero-order valence-corrected chi connectivity index (χ0v) is 9.38. The maximum atomic E-state index is 13.3. The van der Waals surface area contributed by atoms with Crippen LogP contribution in [0.2, 0.25) is 0 Å². The van der Waals surface area contributed by atoms with E-state index in [1.807, 2.05) is 0 Å². The van der Waals surface area contributed by atoms with Gasteiger partial charge in [0.15, 0.2) is 11.6 Å². The van der Waals surface area contributed by atoms with Crippen LogP contribution >= 0.6 is 0 Å². The van der Waals surface area contributed by atoms with Crippen LogP contribution < -0.4 is 5.73 Å². The third-order valence-electron chi connectivity index (χ3n) is 1.89. The highest BCUT2D eigenvalue weighted by atomic mass is 32.2. The molecule has 0 amide bonds. The van der Waals surface area contributed by atoms with Gasteiger partial charge in [-0.3, -0.25) is 4.84 Å². The Morgan fingerprint density at radius 1 is 1.38 bits per heavy atom. The van der Waals surface area contributed by atoms with Crippen LogP contribution in [0, 0.1) is 11.6 Å². The van der Waals surface area contributed by atoms with E-state index in [2.05, 4.69) is 4.84 Å². The smallest absolute Gasteiger partial charge is 0.267 e. The number of nitrogen functional groups attached to an aromatic ring is 1. The zero-order valence-electron chi connectivity index (χ0n) is 8.57. The lowest BCUT2D eigenvalue weighted by Crippen LogP contribution is -2.27. The third kappa shape index (κ3) is 2.13. The van der Waals surface area contributed by atoms with Crippen molar-refractivity contribution in [3.05, 3.63) is 23.8 Å². The Hall–Kier alpha value is -1.25. The lowest BCUT2D eigenvalue weighted by atomic mass is 10.3. The van der Waals surface area contributed by atoms with Gasteiger partial charge in [0, 0.05) is 12.7 Å². The molecule has 0 aliphatic heterocycles. The van der Waals surface area contributed by atoms with Gasteiger partial charge in [-0.1, -0.05) is 4.47 Å². The molecule has 0 unspecified atom stereocenters. The Labute approximate surface area is 91.4 Å². The summed E-state index contributed by atoms with van der Waals surface area (Å²) in [6.45, 7) is 0. The van der Waals surface area contributed by atoms with E-state index in [0.717, 1.165) is 20.2 Å². The SMILES string of the molecule is CON(C)S(=O)(=O)c1cc(N)cc(F)c1F. The second-order valence-electron chi connectivity index (χ2n) is 2.91. The van der Waals surface area contributed by atoms with E-state index in [0.29, 0.717) is 10.5 Å². The predicted molar refractivity (Wildman–Crippen MR) is 52.7 cm³/mol. The summed E-state index contributed by atoms with van der Waals surface area (Å²) >= 11 is 0. The highest BCUT2D eigenvalue weighted by Gasteiger charge is 2.27. The highest BCUT2D eigenvalue weighted by Crippen LogP contribution is 2.23. The summed E-state index contributed by atoms with van der Waals surface area (Å²) in [5.41, 5.74) is 5.04. The summed E-state index contributed by atoms with van der Waals surface area (Å²) in [6.07, 6.45) is 0. The first-order valence-corrected chi connectivity index (χ1v) is 5.52. The van der Waals surface area contributed by atoms with Crippen LogP contribution in [0.1, 0.15) is 0 Å². The normalized spacial score (nSPS) is 12.1. The van der Waals surface area contributed by atoms with E-state index in [-0.39, 0.29) is 5.69 Å². The molecule has 0 atom stereocenters. The zero-order chi connectivity index (χ0) is 12.5. The van der Waals surface area contributed by atoms with Gasteiger partial charge in [-0.2, -0.15) is 0 Å². The molecule has 0 radical (unpaired) electrons. The maximum Gasteiger partial charge on any atom is 0.267 e. The summed E-state index contributed by atoms with van der Waals surface area (Å²) < 4.78 is 49.9. The van der Waals surface area contributed by atoms with Crippen LogP contribution in [-0.4, -0.2) is 27.0 Å². The first-order valence-electron chi connectivity index (χ1n) is 4.08. The van der Waals surface area contributed by atoms with E-state index < -0.39 is 26.6 Å². The molecule has 0 saturated carbocycles. The fourth-order valence-electron chi connectivity index (χ4n) is 1.01. The van der Waals surface area contributed by atoms with Crippen molar-refractivity contribution in [3.63, 3.8) is 0 Å². The Balaban J connectivity index is 3.45. The largest absolute Gasteiger partial charge is 0.399 e. The van der Waals surface area contributed by atoms with Crippen molar-refractivity contribution in [2.24, 2.45) is 0 Å². The standard InChI is InChI=1S/C8H10F2N2O3S/c1-12(15-2)16(13,14)7-4-5(11)3-6(9)8(7)10/h3-4H,11H2,1-2H3. The van der Waals surface area contributed by atoms with Crippen LogP contribution in [0.25, 0.3) is 0 Å². The molecule has 0 heterocycles. The van der Waals surface area contributed by atoms with Gasteiger partial charge in [0.05, 0.1) is 7.11 Å². The van der Waals surface area contributed by atoms with Gasteiger partial charge in [0.1, 0.15) is 4.90 Å². The van der Waals surface area contributed by atoms with Gasteiger partial charge in [-0.05, 0) is 12.1 Å². The lowest BCUT2D eigenvalue weighted by molar-refractivity contribution is -0.0260. The van der Waals surface area contributed by atoms with Gasteiger partial charge in [0.25, 0.3) is 10.0 Å². The van der Waals surface area contributed by atoms with Gasteiger partial charge < -0.3 is 5.73 Å². The second-order valence-corrected chi connectivity index (χ2v) is 4.82. The average Bonchev–Trinajstić information content (AvgIpc) is 2.21. The van der Waals surface area contributed by atoms with Gasteiger partial charge >= 0.3 is 0 Å². The number of rotatable bonds is 3. The second kappa shape index (κ2) is 4.32. The number of benzene rings is 1. The topological polar surface area (TPSA) is 72.6 Å². The van der Waals surface area contributed by atoms with Crippen LogP contribution in [0.5, 0.6) is 0 Å². The molecule has 1 aromatic rings. The molecule has 5 nitrogen and oxygen atoms in total. The Morgan fingerprint density at radius 2 is 1.94 bits per heavy atom. The highest BCUT2D eigenvalue weighted by molar-refractivity contribution is 7.89. The molecule has 0 aromatic heterocycles. The van der Waals surface area contributed by atoms with E-state index in [1.54, 1.807) is 0 Å². The molecule has 0 saturated heterocycles. The number of nitrogens with two attached hydrogens (primary N) is 1. The van der Waals surface area contributed by atoms with E-state index in [4.69, 9.17) is 5.73 Å². The minimum Gasteiger partial charge on any atom is -0.399 e. The first kappa shape index (κ1) is 12.8. The lowest BCUT2D eigenvalue weighted by Gasteiger charge is -2.15. The number of halogens is 2. The molecule has 1 aromatic carbocycles. The number of hydrogen-bond acceptors (Lipinski definition) is 4. The number of nitrogens with zero attached hydrogens (tertiary/aromatic N) is 1. The van der Waals surface area contributed by atoms with Crippen molar-refractivity contribution < 1.29 is 22.0 Å². The Morgan fingerprint density at radius 3 is 2.44 bits per heavy atom. The monoisotopic (exact) mass is 252 g/mol. The summed E-state index contributed by atoms with van der Waals surface area (Å²) in [5, 5.41) is 0. The molecule has 16 heavy (non-hydrogen) atoms. The van der Waals surface area contributed by atoms with Crippen molar-refractivity contribution in [3.8, 4) is 0 Å². The van der Waals surface area contributed by atoms with Crippen molar-refractivity contribution >= 4 is 15.7 Å². The number of sulfonamides is 1. The average molecular weight is 252 g/mol. The fraction of sp³-hybridized carbons (Fsp3) is 0.250. The number of hydrogen-bond donors (Lipinski definition) is 1. The molecule has 2 N–H and O–H groups in total. The van der Waals surface area contributed by atoms with Gasteiger partial charge in [-0.15, -0.1) is 0 Å². The van der Waals surface area contributed by atoms with Crippen molar-refractivity contribution in [1.82, 2.24) is 4.47 Å². The van der Waals surface area contributed by atoms with E-state index >= 15 is 0 Å². The maximum absolute atomic E-state index is 13.3. The molecular formula is C8H10F2N2O3S. The summed E-state index contributed by atoms with van der Waals surface area (Å²) in [6, 6.07) is 1.52. The third-order valence-corrected chi connectivity index (χ3v) is 3.57. The molecule has 0 spiro atoms. The fourth-order valence-corrected chi connectivity index (χ4v) is 2.09. The number of anilines is 1. The first-order chi connectivity index (χ1) is 7.30. The van der Waals surface area contributed by atoms with Crippen molar-refractivity contribution in [1.29, 1.82) is 0 Å². The van der Waals surface area contributed by atoms with Crippen LogP contribution in [-0.2, 0) is 14.9 Å². The molecule has 90 valence electrons. The van der Waals surface area contributed by atoms with Crippen LogP contribution in [0.3, 0.4) is 0 Å². The van der Waals surface area contributed by atoms with Crippen molar-refractivity contribution in [2.75, 3.05) is 19.9 Å². The summed E-state index contributed by atoms with van der Waals surface area (Å²) in [5.74, 6) is -2.82. The minimum atomic E-state index is -4.25. The minimum absolute atomic E-state index is 0.193. The number of hydroxylamine groups is 1. The predicted octanol–water partition coefficient (Wildman–Crippen LogP) is 0.729. The van der Waals surface area contributed by atoms with Crippen LogP contribution in [0.4, 0.5) is 14.5 Å². The molecule has 0 aliphatic carbocycles. The molecular weight excluding hydrogens is 242 g/mol. The molecule has 8 heteroatoms. The molecule has 0 aliphatic rings.